The Morgan fingerprint density at radius 3 is 2.64 bits per heavy atom. The van der Waals surface area contributed by atoms with Gasteiger partial charge in [-0.05, 0) is 6.92 Å². The number of nitrogens with one attached hydrogen (secondary N) is 1. The van der Waals surface area contributed by atoms with Gasteiger partial charge in [0.25, 0.3) is 5.91 Å². The van der Waals surface area contributed by atoms with Gasteiger partial charge >= 0.3 is 6.18 Å². The lowest BCUT2D eigenvalue weighted by atomic mass is 10.3. The molecule has 0 aliphatic carbocycles. The Hall–Kier alpha value is -2.03. The summed E-state index contributed by atoms with van der Waals surface area (Å²) in [6.07, 6.45) is -1.42. The summed E-state index contributed by atoms with van der Waals surface area (Å²) in [6, 6.07) is 0. The Bertz CT molecular complexity index is 691. The second kappa shape index (κ2) is 5.99. The molecule has 0 saturated carbocycles. The largest absolute Gasteiger partial charge is 0.436 e. The predicted molar refractivity (Wildman–Crippen MR) is 72.3 cm³/mol. The average Bonchev–Trinajstić information content (AvgIpc) is 3.00. The van der Waals surface area contributed by atoms with Crippen molar-refractivity contribution in [3.05, 3.63) is 34.4 Å². The highest BCUT2D eigenvalue weighted by molar-refractivity contribution is 6.34. The Balaban J connectivity index is 2.14. The van der Waals surface area contributed by atoms with Gasteiger partial charge in [0.05, 0.1) is 6.20 Å². The second-order valence-electron chi connectivity index (χ2n) is 4.52. The fourth-order valence-electron chi connectivity index (χ4n) is 1.86. The van der Waals surface area contributed by atoms with E-state index in [4.69, 9.17) is 11.6 Å². The third-order valence-corrected chi connectivity index (χ3v) is 3.29. The molecule has 2 aromatic rings. The molecule has 0 spiro atoms. The predicted octanol–water partition coefficient (Wildman–Crippen LogP) is 2.24. The van der Waals surface area contributed by atoms with Crippen LogP contribution in [0.1, 0.15) is 28.7 Å². The topological polar surface area (TPSA) is 64.7 Å². The number of aromatic nitrogens is 4. The van der Waals surface area contributed by atoms with E-state index in [0.29, 0.717) is 6.54 Å². The summed E-state index contributed by atoms with van der Waals surface area (Å²) < 4.78 is 40.6. The van der Waals surface area contributed by atoms with Crippen molar-refractivity contribution < 1.29 is 18.0 Å². The summed E-state index contributed by atoms with van der Waals surface area (Å²) in [6.45, 7) is 2.71. The van der Waals surface area contributed by atoms with Crippen LogP contribution in [0.4, 0.5) is 13.2 Å². The quantitative estimate of drug-likeness (QED) is 0.932. The lowest BCUT2D eigenvalue weighted by Gasteiger charge is -2.04. The number of amides is 1. The van der Waals surface area contributed by atoms with Crippen molar-refractivity contribution >= 4 is 17.5 Å². The van der Waals surface area contributed by atoms with E-state index in [9.17, 15) is 18.0 Å². The van der Waals surface area contributed by atoms with E-state index in [1.165, 1.54) is 7.05 Å². The third-order valence-electron chi connectivity index (χ3n) is 2.94. The van der Waals surface area contributed by atoms with E-state index < -0.39 is 22.8 Å². The van der Waals surface area contributed by atoms with Crippen LogP contribution in [0.25, 0.3) is 0 Å². The summed E-state index contributed by atoms with van der Waals surface area (Å²) in [5.74, 6) is -0.736. The van der Waals surface area contributed by atoms with Gasteiger partial charge in [-0.1, -0.05) is 11.6 Å². The number of halogens is 4. The summed E-state index contributed by atoms with van der Waals surface area (Å²) in [5.41, 5.74) is -0.887. The molecule has 0 radical (unpaired) electrons. The minimum atomic E-state index is -4.71. The Labute approximate surface area is 128 Å². The van der Waals surface area contributed by atoms with Gasteiger partial charge in [0.1, 0.15) is 10.7 Å². The van der Waals surface area contributed by atoms with Crippen LogP contribution >= 0.6 is 11.6 Å². The maximum atomic E-state index is 12.7. The molecule has 0 unspecified atom stereocenters. The fraction of sp³-hybridized carbons (Fsp3) is 0.417. The number of aryl methyl sites for hydroxylation is 2. The highest BCUT2D eigenvalue weighted by atomic mass is 35.5. The molecular weight excluding hydrogens is 323 g/mol. The van der Waals surface area contributed by atoms with Crippen LogP contribution in [-0.2, 0) is 26.3 Å². The van der Waals surface area contributed by atoms with E-state index in [0.717, 1.165) is 10.2 Å². The van der Waals surface area contributed by atoms with Crippen LogP contribution in [0.3, 0.4) is 0 Å². The molecule has 2 rings (SSSR count). The molecular formula is C12H13ClF3N5O. The molecule has 0 aliphatic rings. The van der Waals surface area contributed by atoms with Crippen molar-refractivity contribution in [1.29, 1.82) is 0 Å². The number of alkyl halides is 3. The molecule has 22 heavy (non-hydrogen) atoms. The van der Waals surface area contributed by atoms with Crippen molar-refractivity contribution in [2.24, 2.45) is 7.05 Å². The fourth-order valence-corrected chi connectivity index (χ4v) is 2.22. The smallest absolute Gasteiger partial charge is 0.346 e. The SMILES string of the molecule is CCn1cc(CNC(=O)c2c(Cl)c(C(F)(F)F)nn2C)cn1. The van der Waals surface area contributed by atoms with Crippen LogP contribution in [0, 0.1) is 0 Å². The normalized spacial score (nSPS) is 11.7. The molecule has 2 heterocycles. The molecule has 1 amide bonds. The van der Waals surface area contributed by atoms with Crippen LogP contribution in [0.2, 0.25) is 5.02 Å². The van der Waals surface area contributed by atoms with E-state index in [-0.39, 0.29) is 12.2 Å². The van der Waals surface area contributed by atoms with Gasteiger partial charge in [0.2, 0.25) is 0 Å². The molecule has 0 saturated heterocycles. The zero-order valence-electron chi connectivity index (χ0n) is 11.8. The van der Waals surface area contributed by atoms with Crippen LogP contribution in [0.15, 0.2) is 12.4 Å². The minimum Gasteiger partial charge on any atom is -0.346 e. The van der Waals surface area contributed by atoms with E-state index in [1.807, 2.05) is 6.92 Å². The number of carbonyl (C=O) groups is 1. The molecule has 10 heteroatoms. The first-order valence-corrected chi connectivity index (χ1v) is 6.71. The van der Waals surface area contributed by atoms with Crippen molar-refractivity contribution in [2.45, 2.75) is 26.2 Å². The first-order valence-electron chi connectivity index (χ1n) is 6.33. The molecule has 6 nitrogen and oxygen atoms in total. The number of hydrogen-bond acceptors (Lipinski definition) is 3. The van der Waals surface area contributed by atoms with E-state index >= 15 is 0 Å². The Morgan fingerprint density at radius 1 is 1.45 bits per heavy atom. The lowest BCUT2D eigenvalue weighted by molar-refractivity contribution is -0.141. The molecule has 0 fully saturated rings. The molecule has 120 valence electrons. The van der Waals surface area contributed by atoms with Gasteiger partial charge in [0.15, 0.2) is 5.69 Å². The molecule has 1 N–H and O–H groups in total. The van der Waals surface area contributed by atoms with E-state index in [1.54, 1.807) is 17.1 Å². The van der Waals surface area contributed by atoms with Crippen molar-refractivity contribution in [3.63, 3.8) is 0 Å². The first-order chi connectivity index (χ1) is 10.2. The minimum absolute atomic E-state index is 0.127. The molecule has 0 atom stereocenters. The summed E-state index contributed by atoms with van der Waals surface area (Å²) in [5, 5.41) is 9.07. The highest BCUT2D eigenvalue weighted by Gasteiger charge is 2.39. The van der Waals surface area contributed by atoms with Gasteiger partial charge in [-0.15, -0.1) is 0 Å². The standard InChI is InChI=1S/C12H13ClF3N5O/c1-3-21-6-7(5-18-21)4-17-11(22)9-8(13)10(12(14,15)16)19-20(9)2/h5-6H,3-4H2,1-2H3,(H,17,22). The van der Waals surface area contributed by atoms with Gasteiger partial charge in [0, 0.05) is 31.9 Å². The number of rotatable bonds is 4. The van der Waals surface area contributed by atoms with Gasteiger partial charge in [-0.3, -0.25) is 14.2 Å². The van der Waals surface area contributed by atoms with E-state index in [2.05, 4.69) is 15.5 Å². The second-order valence-corrected chi connectivity index (χ2v) is 4.90. The zero-order chi connectivity index (χ0) is 16.5. The van der Waals surface area contributed by atoms with Crippen LogP contribution in [-0.4, -0.2) is 25.5 Å². The van der Waals surface area contributed by atoms with Crippen molar-refractivity contribution in [3.8, 4) is 0 Å². The maximum Gasteiger partial charge on any atom is 0.436 e. The van der Waals surface area contributed by atoms with Gasteiger partial charge < -0.3 is 5.32 Å². The van der Waals surface area contributed by atoms with Gasteiger partial charge in [-0.2, -0.15) is 23.4 Å². The summed E-state index contributed by atoms with van der Waals surface area (Å²) in [7, 11) is 1.23. The van der Waals surface area contributed by atoms with Crippen LogP contribution < -0.4 is 5.32 Å². The number of nitrogens with zero attached hydrogens (tertiary/aromatic N) is 4. The summed E-state index contributed by atoms with van der Waals surface area (Å²) >= 11 is 5.64. The van der Waals surface area contributed by atoms with Crippen molar-refractivity contribution in [1.82, 2.24) is 24.9 Å². The molecule has 0 bridgehead atoms. The molecule has 0 aromatic carbocycles. The van der Waals surface area contributed by atoms with Crippen molar-refractivity contribution in [2.75, 3.05) is 0 Å². The molecule has 0 aliphatic heterocycles. The first kappa shape index (κ1) is 16.3. The summed E-state index contributed by atoms with van der Waals surface area (Å²) in [4.78, 5) is 12.0. The Morgan fingerprint density at radius 2 is 2.14 bits per heavy atom. The maximum absolute atomic E-state index is 12.7. The average molecular weight is 336 g/mol. The van der Waals surface area contributed by atoms with Crippen LogP contribution in [0.5, 0.6) is 0 Å². The lowest BCUT2D eigenvalue weighted by Crippen LogP contribution is -2.25. The number of carbonyl (C=O) groups excluding carboxylic acids is 1. The monoisotopic (exact) mass is 335 g/mol. The zero-order valence-corrected chi connectivity index (χ0v) is 12.5. The van der Waals surface area contributed by atoms with Gasteiger partial charge in [-0.25, -0.2) is 0 Å². The third kappa shape index (κ3) is 3.24. The Kier molecular flexibility index (Phi) is 4.45. The molecule has 2 aromatic heterocycles. The number of hydrogen-bond donors (Lipinski definition) is 1. The highest BCUT2D eigenvalue weighted by Crippen LogP contribution is 2.35.